The molecule has 1 fully saturated rings. The number of nitrogens with one attached hydrogen (secondary N) is 1. The molecule has 0 atom stereocenters. The Morgan fingerprint density at radius 3 is 2.33 bits per heavy atom. The number of halogens is 3. The van der Waals surface area contributed by atoms with Gasteiger partial charge in [-0.1, -0.05) is 36.4 Å². The molecule has 1 saturated heterocycles. The molecule has 0 aromatic heterocycles. The summed E-state index contributed by atoms with van der Waals surface area (Å²) in [6.07, 6.45) is -0.120. The number of carbonyl (C=O) groups is 2. The van der Waals surface area contributed by atoms with Crippen LogP contribution in [0.1, 0.15) is 35.7 Å². The molecule has 39 heavy (non-hydrogen) atoms. The van der Waals surface area contributed by atoms with E-state index in [1.165, 1.54) is 24.3 Å². The Kier molecular flexibility index (Phi) is 8.59. The lowest BCUT2D eigenvalue weighted by molar-refractivity contribution is -0.274. The molecule has 2 amide bonds. The number of hydrogen-bond acceptors (Lipinski definition) is 4. The lowest BCUT2D eigenvalue weighted by Crippen LogP contribution is -2.41. The molecule has 3 aromatic carbocycles. The van der Waals surface area contributed by atoms with Crippen molar-refractivity contribution in [1.82, 2.24) is 4.90 Å². The van der Waals surface area contributed by atoms with Crippen LogP contribution in [-0.4, -0.2) is 42.3 Å². The molecule has 0 radical (unpaired) electrons. The van der Waals surface area contributed by atoms with Crippen molar-refractivity contribution in [2.24, 2.45) is 0 Å². The van der Waals surface area contributed by atoms with E-state index in [0.717, 1.165) is 5.56 Å². The van der Waals surface area contributed by atoms with Crippen molar-refractivity contribution in [2.75, 3.05) is 18.4 Å². The summed E-state index contributed by atoms with van der Waals surface area (Å²) in [7, 11) is 0. The van der Waals surface area contributed by atoms with Crippen LogP contribution in [0, 0.1) is 6.92 Å². The monoisotopic (exact) mass is 538 g/mol. The number of ether oxygens (including phenoxy) is 2. The van der Waals surface area contributed by atoms with E-state index in [9.17, 15) is 22.8 Å². The van der Waals surface area contributed by atoms with Crippen molar-refractivity contribution < 1.29 is 32.2 Å². The highest BCUT2D eigenvalue weighted by Crippen LogP contribution is 2.31. The fourth-order valence-electron chi connectivity index (χ4n) is 4.54. The molecule has 0 unspecified atom stereocenters. The first-order valence-electron chi connectivity index (χ1n) is 12.6. The van der Waals surface area contributed by atoms with Gasteiger partial charge in [-0.25, -0.2) is 0 Å². The topological polar surface area (TPSA) is 67.9 Å². The molecule has 3 aromatic rings. The molecule has 4 rings (SSSR count). The Morgan fingerprint density at radius 2 is 1.67 bits per heavy atom. The first kappa shape index (κ1) is 27.8. The molecule has 9 heteroatoms. The summed E-state index contributed by atoms with van der Waals surface area (Å²) < 4.78 is 47.7. The van der Waals surface area contributed by atoms with Gasteiger partial charge in [0.25, 0.3) is 5.91 Å². The third-order valence-corrected chi connectivity index (χ3v) is 6.35. The Bertz CT molecular complexity index is 1350. The van der Waals surface area contributed by atoms with Crippen LogP contribution in [0.25, 0.3) is 11.1 Å². The van der Waals surface area contributed by atoms with Crippen LogP contribution >= 0.6 is 0 Å². The number of hydrogen-bond donors (Lipinski definition) is 1. The van der Waals surface area contributed by atoms with Gasteiger partial charge in [0.1, 0.15) is 17.6 Å². The molecule has 1 heterocycles. The number of carbonyl (C=O) groups excluding carboxylic acids is 2. The second-order valence-corrected chi connectivity index (χ2v) is 9.19. The third-order valence-electron chi connectivity index (χ3n) is 6.35. The molecule has 204 valence electrons. The maximum atomic E-state index is 13.3. The molecular formula is C30H29F3N2O4. The van der Waals surface area contributed by atoms with Crippen LogP contribution in [-0.2, 0) is 4.79 Å². The SMILES string of the molecule is C/C=C/C(=O)N1CCC(Oc2cccc(NC(=O)c3cccc(C)c3-c3ccc(OC(F)(F)F)cc3)c2)CC1. The van der Waals surface area contributed by atoms with Gasteiger partial charge in [-0.2, -0.15) is 0 Å². The molecule has 1 aliphatic heterocycles. The average molecular weight is 539 g/mol. The van der Waals surface area contributed by atoms with Crippen LogP contribution < -0.4 is 14.8 Å². The summed E-state index contributed by atoms with van der Waals surface area (Å²) in [6, 6.07) is 17.8. The minimum absolute atomic E-state index is 0.00163. The van der Waals surface area contributed by atoms with Crippen molar-refractivity contribution in [3.63, 3.8) is 0 Å². The summed E-state index contributed by atoms with van der Waals surface area (Å²) in [5.74, 6) is -0.0903. The predicted octanol–water partition coefficient (Wildman–Crippen LogP) is 6.76. The zero-order valence-corrected chi connectivity index (χ0v) is 21.6. The normalized spacial score (nSPS) is 14.3. The van der Waals surface area contributed by atoms with E-state index in [4.69, 9.17) is 4.74 Å². The van der Waals surface area contributed by atoms with Gasteiger partial charge in [-0.05, 0) is 66.9 Å². The molecule has 6 nitrogen and oxygen atoms in total. The minimum Gasteiger partial charge on any atom is -0.490 e. The Morgan fingerprint density at radius 1 is 0.974 bits per heavy atom. The van der Waals surface area contributed by atoms with E-state index in [2.05, 4.69) is 10.1 Å². The standard InChI is InChI=1S/C30H29F3N2O4/c1-3-6-27(36)35-17-15-23(16-18-35)38-25-9-5-8-22(19-25)34-29(37)26-10-4-7-20(2)28(26)21-11-13-24(14-12-21)39-30(31,32)33/h3-14,19,23H,15-18H2,1-2H3,(H,34,37)/b6-3+. The van der Waals surface area contributed by atoms with Crippen molar-refractivity contribution in [3.05, 3.63) is 90.0 Å². The highest BCUT2D eigenvalue weighted by atomic mass is 19.4. The van der Waals surface area contributed by atoms with E-state index in [0.29, 0.717) is 54.1 Å². The first-order valence-corrected chi connectivity index (χ1v) is 12.6. The molecule has 1 N–H and O–H groups in total. The fraction of sp³-hybridized carbons (Fsp3) is 0.267. The molecule has 0 aliphatic carbocycles. The lowest BCUT2D eigenvalue weighted by atomic mass is 9.94. The number of piperidine rings is 1. The van der Waals surface area contributed by atoms with Gasteiger partial charge < -0.3 is 19.7 Å². The number of anilines is 1. The maximum Gasteiger partial charge on any atom is 0.573 e. The second kappa shape index (κ2) is 12.1. The van der Waals surface area contributed by atoms with Crippen LogP contribution in [0.5, 0.6) is 11.5 Å². The van der Waals surface area contributed by atoms with Gasteiger partial charge in [0.05, 0.1) is 0 Å². The van der Waals surface area contributed by atoms with Gasteiger partial charge in [0.15, 0.2) is 0 Å². The van der Waals surface area contributed by atoms with Gasteiger partial charge in [0.2, 0.25) is 5.91 Å². The van der Waals surface area contributed by atoms with Crippen molar-refractivity contribution in [1.29, 1.82) is 0 Å². The van der Waals surface area contributed by atoms with E-state index < -0.39 is 6.36 Å². The second-order valence-electron chi connectivity index (χ2n) is 9.19. The lowest BCUT2D eigenvalue weighted by Gasteiger charge is -2.31. The largest absolute Gasteiger partial charge is 0.573 e. The Balaban J connectivity index is 1.45. The zero-order chi connectivity index (χ0) is 28.0. The number of rotatable bonds is 7. The zero-order valence-electron chi connectivity index (χ0n) is 21.6. The quantitative estimate of drug-likeness (QED) is 0.338. The molecule has 0 saturated carbocycles. The van der Waals surface area contributed by atoms with Crippen LogP contribution in [0.4, 0.5) is 18.9 Å². The molecular weight excluding hydrogens is 509 g/mol. The van der Waals surface area contributed by atoms with Crippen molar-refractivity contribution >= 4 is 17.5 Å². The van der Waals surface area contributed by atoms with E-state index in [1.54, 1.807) is 47.4 Å². The number of aryl methyl sites for hydroxylation is 1. The number of likely N-dealkylation sites (tertiary alicyclic amines) is 1. The van der Waals surface area contributed by atoms with E-state index in [1.807, 2.05) is 26.0 Å². The summed E-state index contributed by atoms with van der Waals surface area (Å²) in [6.45, 7) is 4.87. The maximum absolute atomic E-state index is 13.3. The number of alkyl halides is 3. The van der Waals surface area contributed by atoms with Gasteiger partial charge in [0, 0.05) is 43.2 Å². The molecule has 0 spiro atoms. The van der Waals surface area contributed by atoms with Crippen molar-refractivity contribution in [3.8, 4) is 22.6 Å². The van der Waals surface area contributed by atoms with Gasteiger partial charge in [-0.15, -0.1) is 13.2 Å². The Hall–Kier alpha value is -4.27. The minimum atomic E-state index is -4.78. The Labute approximate surface area is 225 Å². The first-order chi connectivity index (χ1) is 18.6. The summed E-state index contributed by atoms with van der Waals surface area (Å²) >= 11 is 0. The highest BCUT2D eigenvalue weighted by Gasteiger charge is 2.31. The van der Waals surface area contributed by atoms with E-state index in [-0.39, 0.29) is 23.7 Å². The molecule has 0 bridgehead atoms. The summed E-state index contributed by atoms with van der Waals surface area (Å²) in [5.41, 5.74) is 2.91. The number of amides is 2. The average Bonchev–Trinajstić information content (AvgIpc) is 2.89. The number of nitrogens with zero attached hydrogens (tertiary/aromatic N) is 1. The number of allylic oxidation sites excluding steroid dienone is 1. The van der Waals surface area contributed by atoms with Gasteiger partial charge in [-0.3, -0.25) is 9.59 Å². The summed E-state index contributed by atoms with van der Waals surface area (Å²) in [5, 5.41) is 2.90. The van der Waals surface area contributed by atoms with Crippen LogP contribution in [0.3, 0.4) is 0 Å². The summed E-state index contributed by atoms with van der Waals surface area (Å²) in [4.78, 5) is 27.1. The van der Waals surface area contributed by atoms with Crippen LogP contribution in [0.15, 0.2) is 78.9 Å². The third kappa shape index (κ3) is 7.40. The molecule has 1 aliphatic rings. The highest BCUT2D eigenvalue weighted by molar-refractivity contribution is 6.09. The van der Waals surface area contributed by atoms with Crippen molar-refractivity contribution in [2.45, 2.75) is 39.2 Å². The van der Waals surface area contributed by atoms with Crippen LogP contribution in [0.2, 0.25) is 0 Å². The number of benzene rings is 3. The smallest absolute Gasteiger partial charge is 0.490 e. The predicted molar refractivity (Wildman–Crippen MR) is 143 cm³/mol. The fourth-order valence-corrected chi connectivity index (χ4v) is 4.54. The van der Waals surface area contributed by atoms with E-state index >= 15 is 0 Å². The van der Waals surface area contributed by atoms with Gasteiger partial charge >= 0.3 is 6.36 Å².